The minimum absolute atomic E-state index is 0.0826. The van der Waals surface area contributed by atoms with Gasteiger partial charge in [-0.05, 0) is 0 Å². The van der Waals surface area contributed by atoms with Crippen LogP contribution in [0.4, 0.5) is 0 Å². The Bertz CT molecular complexity index is 144. The molecular weight excluding hydrogens is 230 g/mol. The van der Waals surface area contributed by atoms with Gasteiger partial charge in [-0.1, -0.05) is 0 Å². The molecule has 67 valence electrons. The van der Waals surface area contributed by atoms with Crippen molar-refractivity contribution in [2.75, 3.05) is 0 Å². The summed E-state index contributed by atoms with van der Waals surface area (Å²) in [4.78, 5) is 0. The van der Waals surface area contributed by atoms with E-state index in [9.17, 15) is 4.57 Å². The van der Waals surface area contributed by atoms with Crippen molar-refractivity contribution in [1.82, 2.24) is 0 Å². The Hall–Kier alpha value is 0.669. The van der Waals surface area contributed by atoms with E-state index < -0.39 is 6.29 Å². The normalized spacial score (nSPS) is 13.0. The van der Waals surface area contributed by atoms with E-state index in [0.717, 1.165) is 0 Å². The zero-order chi connectivity index (χ0) is 9.07. The molecule has 11 heavy (non-hydrogen) atoms. The van der Waals surface area contributed by atoms with Crippen LogP contribution in [0.5, 0.6) is 0 Å². The molecule has 0 atom stereocenters. The van der Waals surface area contributed by atoms with E-state index in [4.69, 9.17) is 9.05 Å². The van der Waals surface area contributed by atoms with E-state index in [1.54, 1.807) is 0 Å². The van der Waals surface area contributed by atoms with Gasteiger partial charge < -0.3 is 0 Å². The Morgan fingerprint density at radius 2 is 1.36 bits per heavy atom. The van der Waals surface area contributed by atoms with Crippen LogP contribution in [0.15, 0.2) is 0 Å². The van der Waals surface area contributed by atoms with Gasteiger partial charge in [0.25, 0.3) is 0 Å². The number of rotatable bonds is 4. The standard InChI is InChI=1S/C6H14O3PSe/c1-5(2)8-10(7,11)9-6(3)4/h5-6H,1-4H3. The summed E-state index contributed by atoms with van der Waals surface area (Å²) in [6, 6.07) is 0. The maximum absolute atomic E-state index is 11.3. The fraction of sp³-hybridized carbons (Fsp3) is 1.00. The molecule has 0 saturated carbocycles. The fourth-order valence-corrected chi connectivity index (χ4v) is 3.79. The fourth-order valence-electron chi connectivity index (χ4n) is 0.541. The Labute approximate surface area is 75.8 Å². The van der Waals surface area contributed by atoms with Crippen molar-refractivity contribution in [3.63, 3.8) is 0 Å². The molecule has 1 radical (unpaired) electrons. The molecule has 3 nitrogen and oxygen atoms in total. The van der Waals surface area contributed by atoms with E-state index in [1.807, 2.05) is 27.7 Å². The molecule has 0 heterocycles. The van der Waals surface area contributed by atoms with E-state index in [1.165, 1.54) is 0 Å². The molecule has 0 bridgehead atoms. The predicted molar refractivity (Wildman–Crippen MR) is 45.8 cm³/mol. The van der Waals surface area contributed by atoms with Gasteiger partial charge in [-0.2, -0.15) is 0 Å². The summed E-state index contributed by atoms with van der Waals surface area (Å²) in [7, 11) is 0. The van der Waals surface area contributed by atoms with E-state index in [0.29, 0.717) is 0 Å². The van der Waals surface area contributed by atoms with Gasteiger partial charge >= 0.3 is 75.4 Å². The molecule has 0 saturated heterocycles. The minimum atomic E-state index is -2.93. The van der Waals surface area contributed by atoms with Crippen molar-refractivity contribution in [3.05, 3.63) is 0 Å². The first kappa shape index (κ1) is 11.7. The molecule has 0 amide bonds. The van der Waals surface area contributed by atoms with Crippen LogP contribution < -0.4 is 0 Å². The SMILES string of the molecule is CC(C)OP(=O)([Se])OC(C)C. The average Bonchev–Trinajstić information content (AvgIpc) is 1.53. The molecule has 0 unspecified atom stereocenters. The second kappa shape index (κ2) is 4.64. The molecular formula is C6H14O3PSe. The number of hydrogen-bond donors (Lipinski definition) is 0. The Kier molecular flexibility index (Phi) is 4.92. The second-order valence-corrected chi connectivity index (χ2v) is 6.89. The van der Waals surface area contributed by atoms with Gasteiger partial charge in [0, 0.05) is 0 Å². The summed E-state index contributed by atoms with van der Waals surface area (Å²) in [5, 5.41) is 0. The average molecular weight is 244 g/mol. The van der Waals surface area contributed by atoms with Gasteiger partial charge in [0.1, 0.15) is 0 Å². The van der Waals surface area contributed by atoms with E-state index in [-0.39, 0.29) is 12.2 Å². The van der Waals surface area contributed by atoms with Crippen molar-refractivity contribution >= 4 is 21.9 Å². The van der Waals surface area contributed by atoms with Crippen molar-refractivity contribution in [2.24, 2.45) is 0 Å². The van der Waals surface area contributed by atoms with Crippen LogP contribution in [0.3, 0.4) is 0 Å². The molecule has 0 rings (SSSR count). The van der Waals surface area contributed by atoms with Gasteiger partial charge in [-0.15, -0.1) is 0 Å². The van der Waals surface area contributed by atoms with Crippen LogP contribution in [0.2, 0.25) is 0 Å². The van der Waals surface area contributed by atoms with Crippen LogP contribution in [0.1, 0.15) is 27.7 Å². The van der Waals surface area contributed by atoms with Crippen molar-refractivity contribution < 1.29 is 13.6 Å². The van der Waals surface area contributed by atoms with Crippen LogP contribution in [0, 0.1) is 0 Å². The Balaban J connectivity index is 3.91. The molecule has 0 aliphatic rings. The molecule has 0 spiro atoms. The van der Waals surface area contributed by atoms with Crippen molar-refractivity contribution in [3.8, 4) is 0 Å². The maximum atomic E-state index is 11.3. The van der Waals surface area contributed by atoms with E-state index >= 15 is 0 Å². The van der Waals surface area contributed by atoms with Crippen molar-refractivity contribution in [1.29, 1.82) is 0 Å². The second-order valence-electron chi connectivity index (χ2n) is 2.76. The van der Waals surface area contributed by atoms with Gasteiger partial charge in [-0.25, -0.2) is 0 Å². The summed E-state index contributed by atoms with van der Waals surface area (Å²) in [6.07, 6.45) is -3.09. The zero-order valence-corrected chi connectivity index (χ0v) is 9.84. The molecule has 0 N–H and O–H groups in total. The van der Waals surface area contributed by atoms with Gasteiger partial charge in [0.15, 0.2) is 0 Å². The summed E-state index contributed by atoms with van der Waals surface area (Å²) < 4.78 is 21.4. The summed E-state index contributed by atoms with van der Waals surface area (Å²) in [5.74, 6) is 0. The molecule has 0 aliphatic heterocycles. The van der Waals surface area contributed by atoms with Crippen LogP contribution >= 0.6 is 6.29 Å². The third-order valence-corrected chi connectivity index (χ3v) is 3.12. The molecule has 5 heteroatoms. The monoisotopic (exact) mass is 245 g/mol. The molecule has 0 aliphatic carbocycles. The molecule has 0 aromatic heterocycles. The van der Waals surface area contributed by atoms with Crippen LogP contribution in [-0.4, -0.2) is 27.8 Å². The first-order valence-electron chi connectivity index (χ1n) is 3.51. The van der Waals surface area contributed by atoms with Crippen LogP contribution in [0.25, 0.3) is 0 Å². The summed E-state index contributed by atoms with van der Waals surface area (Å²) in [6.45, 7) is 7.25. The quantitative estimate of drug-likeness (QED) is 0.561. The third-order valence-electron chi connectivity index (χ3n) is 0.680. The predicted octanol–water partition coefficient (Wildman–Crippen LogP) is 2.11. The molecule has 0 fully saturated rings. The molecule has 0 aromatic rings. The van der Waals surface area contributed by atoms with Gasteiger partial charge in [0.2, 0.25) is 0 Å². The third kappa shape index (κ3) is 7.04. The first-order valence-corrected chi connectivity index (χ1v) is 7.27. The summed E-state index contributed by atoms with van der Waals surface area (Å²) >= 11 is 2.43. The topological polar surface area (TPSA) is 35.5 Å². The van der Waals surface area contributed by atoms with Crippen LogP contribution in [-0.2, 0) is 13.6 Å². The van der Waals surface area contributed by atoms with Gasteiger partial charge in [0.05, 0.1) is 0 Å². The summed E-state index contributed by atoms with van der Waals surface area (Å²) in [5.41, 5.74) is 0. The van der Waals surface area contributed by atoms with E-state index in [2.05, 4.69) is 15.6 Å². The van der Waals surface area contributed by atoms with Gasteiger partial charge in [-0.3, -0.25) is 0 Å². The Morgan fingerprint density at radius 3 is 1.55 bits per heavy atom. The Morgan fingerprint density at radius 1 is 1.09 bits per heavy atom. The zero-order valence-electron chi connectivity index (χ0n) is 7.23. The first-order chi connectivity index (χ1) is 4.83. The molecule has 0 aromatic carbocycles. The van der Waals surface area contributed by atoms with Crippen molar-refractivity contribution in [2.45, 2.75) is 39.9 Å². The number of hydrogen-bond acceptors (Lipinski definition) is 3.